The summed E-state index contributed by atoms with van der Waals surface area (Å²) in [7, 11) is -3.17. The second-order valence-electron chi connectivity index (χ2n) is 6.91. The zero-order valence-electron chi connectivity index (χ0n) is 14.2. The van der Waals surface area contributed by atoms with Crippen molar-refractivity contribution in [2.75, 3.05) is 21.3 Å². The largest absolute Gasteiger partial charge is 0.329 e. The second kappa shape index (κ2) is 5.59. The quantitative estimate of drug-likeness (QED) is 0.778. The molecule has 2 fully saturated rings. The number of carbonyl (C=O) groups is 1. The van der Waals surface area contributed by atoms with Gasteiger partial charge in [-0.25, -0.2) is 13.2 Å². The summed E-state index contributed by atoms with van der Waals surface area (Å²) in [6.45, 7) is 3.93. The lowest BCUT2D eigenvalue weighted by molar-refractivity contribution is 0.255. The smallest absolute Gasteiger partial charge is 0.288 e. The minimum Gasteiger partial charge on any atom is -0.288 e. The molecule has 2 aliphatic heterocycles. The summed E-state index contributed by atoms with van der Waals surface area (Å²) in [5, 5.41) is 0. The third-order valence-corrected chi connectivity index (χ3v) is 6.63. The molecule has 0 N–H and O–H groups in total. The van der Waals surface area contributed by atoms with Crippen molar-refractivity contribution >= 4 is 27.2 Å². The van der Waals surface area contributed by atoms with Crippen molar-refractivity contribution in [3.63, 3.8) is 0 Å². The summed E-state index contributed by atoms with van der Waals surface area (Å²) in [5.74, 6) is 0.0271. The molecule has 6 heteroatoms. The van der Waals surface area contributed by atoms with E-state index in [1.807, 2.05) is 62.4 Å². The van der Waals surface area contributed by atoms with Gasteiger partial charge in [0.25, 0.3) is 0 Å². The van der Waals surface area contributed by atoms with Crippen LogP contribution in [0, 0.1) is 13.8 Å². The Labute approximate surface area is 147 Å². The number of nitrogens with zero attached hydrogens (tertiary/aromatic N) is 2. The number of rotatable bonds is 2. The molecule has 2 aromatic carbocycles. The van der Waals surface area contributed by atoms with Gasteiger partial charge in [-0.1, -0.05) is 24.3 Å². The zero-order valence-corrected chi connectivity index (χ0v) is 15.0. The van der Waals surface area contributed by atoms with Crippen LogP contribution in [0.3, 0.4) is 0 Å². The first-order valence-electron chi connectivity index (χ1n) is 8.32. The monoisotopic (exact) mass is 356 g/mol. The van der Waals surface area contributed by atoms with Crippen LogP contribution < -0.4 is 9.80 Å². The molecule has 2 aromatic rings. The van der Waals surface area contributed by atoms with Crippen LogP contribution in [0.25, 0.3) is 0 Å². The van der Waals surface area contributed by atoms with Gasteiger partial charge in [0, 0.05) is 11.4 Å². The maximum absolute atomic E-state index is 13.2. The highest BCUT2D eigenvalue weighted by Crippen LogP contribution is 2.38. The molecule has 0 aliphatic carbocycles. The number of hydrogen-bond acceptors (Lipinski definition) is 3. The fourth-order valence-electron chi connectivity index (χ4n) is 3.86. The molecule has 130 valence electrons. The molecule has 0 unspecified atom stereocenters. The van der Waals surface area contributed by atoms with Gasteiger partial charge >= 0.3 is 6.03 Å². The maximum Gasteiger partial charge on any atom is 0.329 e. The van der Waals surface area contributed by atoms with Gasteiger partial charge in [0.2, 0.25) is 0 Å². The molecule has 0 saturated carbocycles. The molecule has 2 saturated heterocycles. The Hall–Kier alpha value is -2.34. The van der Waals surface area contributed by atoms with Gasteiger partial charge in [0.05, 0.1) is 23.6 Å². The van der Waals surface area contributed by atoms with Crippen molar-refractivity contribution in [3.8, 4) is 0 Å². The van der Waals surface area contributed by atoms with E-state index in [4.69, 9.17) is 0 Å². The van der Waals surface area contributed by atoms with E-state index in [2.05, 4.69) is 0 Å². The highest BCUT2D eigenvalue weighted by Gasteiger charge is 2.54. The number of aryl methyl sites for hydroxylation is 2. The molecule has 0 spiro atoms. The lowest BCUT2D eigenvalue weighted by Crippen LogP contribution is -2.38. The Morgan fingerprint density at radius 2 is 1.28 bits per heavy atom. The summed E-state index contributed by atoms with van der Waals surface area (Å²) in [5.41, 5.74) is 3.59. The molecule has 0 radical (unpaired) electrons. The number of urea groups is 1. The van der Waals surface area contributed by atoms with E-state index >= 15 is 0 Å². The highest BCUT2D eigenvalue weighted by atomic mass is 32.2. The SMILES string of the molecule is Cc1cccc(N2C(=O)N(c3cccc(C)c3)[C@@H]3CS(=O)(=O)C[C@H]32)c1. The van der Waals surface area contributed by atoms with E-state index in [1.54, 1.807) is 9.80 Å². The first-order chi connectivity index (χ1) is 11.9. The first kappa shape index (κ1) is 16.1. The predicted molar refractivity (Wildman–Crippen MR) is 98.9 cm³/mol. The number of benzene rings is 2. The minimum absolute atomic E-state index is 0.0136. The Bertz CT molecular complexity index is 885. The summed E-state index contributed by atoms with van der Waals surface area (Å²) in [6, 6.07) is 14.5. The number of carbonyl (C=O) groups excluding carboxylic acids is 1. The van der Waals surface area contributed by atoms with Gasteiger partial charge in [0.15, 0.2) is 9.84 Å². The van der Waals surface area contributed by atoms with Crippen LogP contribution >= 0.6 is 0 Å². The third kappa shape index (κ3) is 2.70. The molecule has 4 rings (SSSR count). The standard InChI is InChI=1S/C19H20N2O3S/c1-13-5-3-7-15(9-13)20-17-11-25(23,24)12-18(17)21(19(20)22)16-8-4-6-14(2)10-16/h3-10,17-18H,11-12H2,1-2H3/t17-,18-/m1/s1. The van der Waals surface area contributed by atoms with Crippen LogP contribution in [-0.4, -0.2) is 38.0 Å². The zero-order chi connectivity index (χ0) is 17.8. The Kier molecular flexibility index (Phi) is 3.61. The summed E-state index contributed by atoms with van der Waals surface area (Å²) >= 11 is 0. The first-order valence-corrected chi connectivity index (χ1v) is 10.1. The van der Waals surface area contributed by atoms with Crippen molar-refractivity contribution in [3.05, 3.63) is 59.7 Å². The molecule has 2 atom stereocenters. The average Bonchev–Trinajstić information content (AvgIpc) is 2.95. The van der Waals surface area contributed by atoms with Gasteiger partial charge in [-0.3, -0.25) is 9.80 Å². The predicted octanol–water partition coefficient (Wildman–Crippen LogP) is 2.92. The van der Waals surface area contributed by atoms with E-state index < -0.39 is 9.84 Å². The molecular formula is C19H20N2O3S. The van der Waals surface area contributed by atoms with Crippen molar-refractivity contribution in [2.24, 2.45) is 0 Å². The van der Waals surface area contributed by atoms with Gasteiger partial charge in [-0.05, 0) is 49.2 Å². The molecule has 0 aromatic heterocycles. The number of hydrogen-bond donors (Lipinski definition) is 0. The summed E-state index contributed by atoms with van der Waals surface area (Å²) < 4.78 is 24.5. The minimum atomic E-state index is -3.17. The number of sulfone groups is 1. The van der Waals surface area contributed by atoms with Gasteiger partial charge in [0.1, 0.15) is 0 Å². The molecule has 0 bridgehead atoms. The number of amides is 2. The maximum atomic E-state index is 13.2. The second-order valence-corrected chi connectivity index (χ2v) is 9.07. The Morgan fingerprint density at radius 3 is 1.68 bits per heavy atom. The normalized spacial score (nSPS) is 24.6. The van der Waals surface area contributed by atoms with E-state index in [0.29, 0.717) is 0 Å². The fourth-order valence-corrected chi connectivity index (χ4v) is 5.78. The van der Waals surface area contributed by atoms with Gasteiger partial charge in [-0.2, -0.15) is 0 Å². The topological polar surface area (TPSA) is 57.7 Å². The van der Waals surface area contributed by atoms with Crippen molar-refractivity contribution in [1.29, 1.82) is 0 Å². The van der Waals surface area contributed by atoms with Crippen LogP contribution in [0.1, 0.15) is 11.1 Å². The summed E-state index contributed by atoms with van der Waals surface area (Å²) in [4.78, 5) is 16.5. The Morgan fingerprint density at radius 1 is 0.840 bits per heavy atom. The molecule has 5 nitrogen and oxygen atoms in total. The highest BCUT2D eigenvalue weighted by molar-refractivity contribution is 7.91. The van der Waals surface area contributed by atoms with Crippen LogP contribution in [0.4, 0.5) is 16.2 Å². The van der Waals surface area contributed by atoms with Crippen molar-refractivity contribution < 1.29 is 13.2 Å². The van der Waals surface area contributed by atoms with E-state index in [9.17, 15) is 13.2 Å². The molecule has 25 heavy (non-hydrogen) atoms. The van der Waals surface area contributed by atoms with E-state index in [1.165, 1.54) is 0 Å². The molecule has 2 aliphatic rings. The van der Waals surface area contributed by atoms with Crippen LogP contribution in [0.5, 0.6) is 0 Å². The van der Waals surface area contributed by atoms with E-state index in [0.717, 1.165) is 22.5 Å². The average molecular weight is 356 g/mol. The van der Waals surface area contributed by atoms with Crippen LogP contribution in [0.15, 0.2) is 48.5 Å². The fraction of sp³-hybridized carbons (Fsp3) is 0.316. The van der Waals surface area contributed by atoms with Gasteiger partial charge < -0.3 is 0 Å². The molecule has 2 amide bonds. The van der Waals surface area contributed by atoms with Crippen LogP contribution in [-0.2, 0) is 9.84 Å². The van der Waals surface area contributed by atoms with Crippen molar-refractivity contribution in [1.82, 2.24) is 0 Å². The number of anilines is 2. The molecular weight excluding hydrogens is 336 g/mol. The lowest BCUT2D eigenvalue weighted by Gasteiger charge is -2.23. The van der Waals surface area contributed by atoms with Crippen LogP contribution in [0.2, 0.25) is 0 Å². The number of fused-ring (bicyclic) bond motifs is 1. The van der Waals surface area contributed by atoms with Gasteiger partial charge in [-0.15, -0.1) is 0 Å². The molecule has 2 heterocycles. The lowest BCUT2D eigenvalue weighted by atomic mass is 10.1. The third-order valence-electron chi connectivity index (χ3n) is 4.93. The Balaban J connectivity index is 1.83. The van der Waals surface area contributed by atoms with E-state index in [-0.39, 0.29) is 29.6 Å². The van der Waals surface area contributed by atoms with Crippen molar-refractivity contribution in [2.45, 2.75) is 25.9 Å². The summed E-state index contributed by atoms with van der Waals surface area (Å²) in [6.07, 6.45) is 0.